The highest BCUT2D eigenvalue weighted by Crippen LogP contribution is 2.27. The van der Waals surface area contributed by atoms with Crippen LogP contribution < -0.4 is 5.32 Å². The van der Waals surface area contributed by atoms with Crippen molar-refractivity contribution in [1.29, 1.82) is 0 Å². The molecule has 3 rings (SSSR count). The number of rotatable bonds is 2. The molecule has 0 saturated carbocycles. The molecule has 106 valence electrons. The van der Waals surface area contributed by atoms with E-state index in [0.29, 0.717) is 10.7 Å². The predicted molar refractivity (Wildman–Crippen MR) is 91.2 cm³/mol. The number of aromatic nitrogens is 1. The van der Waals surface area contributed by atoms with Crippen LogP contribution in [0, 0.1) is 13.8 Å². The lowest BCUT2D eigenvalue weighted by Crippen LogP contribution is -2.11. The summed E-state index contributed by atoms with van der Waals surface area (Å²) in [5, 5.41) is 3.49. The Morgan fingerprint density at radius 1 is 1.19 bits per heavy atom. The number of nitrogens with one attached hydrogen (secondary N) is 1. The molecular weight excluding hydrogens is 348 g/mol. The molecule has 0 aliphatic heterocycles. The molecule has 21 heavy (non-hydrogen) atoms. The molecule has 5 heteroatoms. The van der Waals surface area contributed by atoms with Crippen LogP contribution in [0.5, 0.6) is 0 Å². The number of anilines is 1. The molecule has 0 fully saturated rings. The first-order valence-electron chi connectivity index (χ1n) is 6.47. The third-order valence-electron chi connectivity index (χ3n) is 3.18. The van der Waals surface area contributed by atoms with Crippen molar-refractivity contribution in [2.45, 2.75) is 13.8 Å². The van der Waals surface area contributed by atoms with Crippen molar-refractivity contribution in [1.82, 2.24) is 4.98 Å². The van der Waals surface area contributed by atoms with Gasteiger partial charge in [0.2, 0.25) is 0 Å². The Labute approximate surface area is 135 Å². The van der Waals surface area contributed by atoms with E-state index in [2.05, 4.69) is 32.3 Å². The Kier molecular flexibility index (Phi) is 3.78. The predicted octanol–water partition coefficient (Wildman–Crippen LogP) is 4.93. The number of fused-ring (bicyclic) bond motifs is 1. The summed E-state index contributed by atoms with van der Waals surface area (Å²) in [6.45, 7) is 4.00. The van der Waals surface area contributed by atoms with E-state index in [-0.39, 0.29) is 5.91 Å². The van der Waals surface area contributed by atoms with Crippen molar-refractivity contribution in [3.8, 4) is 0 Å². The fourth-order valence-corrected chi connectivity index (χ4v) is 3.25. The van der Waals surface area contributed by atoms with Crippen molar-refractivity contribution in [3.05, 3.63) is 57.6 Å². The minimum absolute atomic E-state index is 0.138. The molecule has 3 aromatic rings. The number of amides is 1. The van der Waals surface area contributed by atoms with Gasteiger partial charge in [-0.1, -0.05) is 33.3 Å². The second kappa shape index (κ2) is 5.58. The summed E-state index contributed by atoms with van der Waals surface area (Å²) in [6, 6.07) is 11.6. The maximum atomic E-state index is 12.3. The first-order valence-corrected chi connectivity index (χ1v) is 8.08. The Hall–Kier alpha value is -1.72. The van der Waals surface area contributed by atoms with Crippen molar-refractivity contribution < 1.29 is 4.79 Å². The minimum Gasteiger partial charge on any atom is -0.298 e. The Morgan fingerprint density at radius 3 is 2.76 bits per heavy atom. The van der Waals surface area contributed by atoms with E-state index >= 15 is 0 Å². The Morgan fingerprint density at radius 2 is 2.00 bits per heavy atom. The van der Waals surface area contributed by atoms with Crippen molar-refractivity contribution in [3.63, 3.8) is 0 Å². The summed E-state index contributed by atoms with van der Waals surface area (Å²) in [6.07, 6.45) is 0. The van der Waals surface area contributed by atoms with E-state index in [1.165, 1.54) is 16.9 Å². The normalized spacial score (nSPS) is 10.8. The Bertz CT molecular complexity index is 841. The zero-order chi connectivity index (χ0) is 15.0. The molecule has 3 nitrogen and oxygen atoms in total. The van der Waals surface area contributed by atoms with Gasteiger partial charge in [-0.25, -0.2) is 4.98 Å². The molecule has 0 atom stereocenters. The number of carbonyl (C=O) groups excluding carboxylic acids is 1. The molecule has 0 radical (unpaired) electrons. The number of hydrogen-bond acceptors (Lipinski definition) is 3. The highest BCUT2D eigenvalue weighted by Gasteiger charge is 2.11. The minimum atomic E-state index is -0.138. The van der Waals surface area contributed by atoms with Crippen LogP contribution in [-0.4, -0.2) is 10.9 Å². The summed E-state index contributed by atoms with van der Waals surface area (Å²) >= 11 is 4.92. The van der Waals surface area contributed by atoms with Gasteiger partial charge < -0.3 is 0 Å². The quantitative estimate of drug-likeness (QED) is 0.703. The van der Waals surface area contributed by atoms with Crippen molar-refractivity contribution >= 4 is 48.5 Å². The second-order valence-corrected chi connectivity index (χ2v) is 6.79. The van der Waals surface area contributed by atoms with Crippen LogP contribution >= 0.6 is 27.3 Å². The number of thiazole rings is 1. The molecule has 0 unspecified atom stereocenters. The number of aryl methyl sites for hydroxylation is 2. The number of benzene rings is 2. The highest BCUT2D eigenvalue weighted by atomic mass is 79.9. The maximum absolute atomic E-state index is 12.3. The van der Waals surface area contributed by atoms with Crippen LogP contribution in [0.15, 0.2) is 40.9 Å². The first kappa shape index (κ1) is 14.2. The summed E-state index contributed by atoms with van der Waals surface area (Å²) in [5.41, 5.74) is 3.76. The lowest BCUT2D eigenvalue weighted by Gasteiger charge is -2.04. The van der Waals surface area contributed by atoms with Crippen LogP contribution in [0.2, 0.25) is 0 Å². The van der Waals surface area contributed by atoms with E-state index in [9.17, 15) is 4.79 Å². The average molecular weight is 361 g/mol. The van der Waals surface area contributed by atoms with E-state index < -0.39 is 0 Å². The van der Waals surface area contributed by atoms with E-state index in [0.717, 1.165) is 20.3 Å². The summed E-state index contributed by atoms with van der Waals surface area (Å²) < 4.78 is 2.08. The van der Waals surface area contributed by atoms with Crippen LogP contribution in [0.1, 0.15) is 21.5 Å². The van der Waals surface area contributed by atoms with E-state index in [4.69, 9.17) is 0 Å². The zero-order valence-corrected chi connectivity index (χ0v) is 14.0. The molecule has 0 aliphatic carbocycles. The van der Waals surface area contributed by atoms with Crippen LogP contribution in [0.3, 0.4) is 0 Å². The topological polar surface area (TPSA) is 42.0 Å². The van der Waals surface area contributed by atoms with Gasteiger partial charge in [0, 0.05) is 10.0 Å². The molecule has 0 saturated heterocycles. The molecule has 1 N–H and O–H groups in total. The summed E-state index contributed by atoms with van der Waals surface area (Å²) in [7, 11) is 0. The molecule has 1 aromatic heterocycles. The summed E-state index contributed by atoms with van der Waals surface area (Å²) in [5.74, 6) is -0.138. The monoisotopic (exact) mass is 360 g/mol. The molecule has 0 aliphatic rings. The van der Waals surface area contributed by atoms with Gasteiger partial charge in [-0.05, 0) is 55.3 Å². The van der Waals surface area contributed by atoms with Gasteiger partial charge in [-0.15, -0.1) is 0 Å². The SMILES string of the molecule is Cc1ccc2nc(NC(=O)c3ccc(Br)c(C)c3)sc2c1. The van der Waals surface area contributed by atoms with Crippen molar-refractivity contribution in [2.75, 3.05) is 5.32 Å². The fourth-order valence-electron chi connectivity index (χ4n) is 2.04. The summed E-state index contributed by atoms with van der Waals surface area (Å²) in [4.78, 5) is 16.7. The third-order valence-corrected chi connectivity index (χ3v) is 5.01. The second-order valence-electron chi connectivity index (χ2n) is 4.91. The molecule has 1 heterocycles. The van der Waals surface area contributed by atoms with Gasteiger partial charge in [0.05, 0.1) is 10.2 Å². The van der Waals surface area contributed by atoms with Gasteiger partial charge >= 0.3 is 0 Å². The van der Waals surface area contributed by atoms with Crippen LogP contribution in [0.25, 0.3) is 10.2 Å². The Balaban J connectivity index is 1.87. The standard InChI is InChI=1S/C16H13BrN2OS/c1-9-3-6-13-14(7-9)21-16(18-13)19-15(20)11-4-5-12(17)10(2)8-11/h3-8H,1-2H3,(H,18,19,20). The molecule has 0 bridgehead atoms. The lowest BCUT2D eigenvalue weighted by atomic mass is 10.1. The van der Waals surface area contributed by atoms with Crippen LogP contribution in [0.4, 0.5) is 5.13 Å². The first-order chi connectivity index (χ1) is 10.0. The van der Waals surface area contributed by atoms with Gasteiger partial charge in [0.1, 0.15) is 0 Å². The van der Waals surface area contributed by atoms with Gasteiger partial charge in [0.15, 0.2) is 5.13 Å². The maximum Gasteiger partial charge on any atom is 0.257 e. The number of nitrogens with zero attached hydrogens (tertiary/aromatic N) is 1. The highest BCUT2D eigenvalue weighted by molar-refractivity contribution is 9.10. The third kappa shape index (κ3) is 2.99. The van der Waals surface area contributed by atoms with Crippen molar-refractivity contribution in [2.24, 2.45) is 0 Å². The molecule has 2 aromatic carbocycles. The average Bonchev–Trinajstić information content (AvgIpc) is 2.83. The smallest absolute Gasteiger partial charge is 0.257 e. The number of halogens is 1. The van der Waals surface area contributed by atoms with E-state index in [1.807, 2.05) is 38.1 Å². The number of hydrogen-bond donors (Lipinski definition) is 1. The molecule has 1 amide bonds. The van der Waals surface area contributed by atoms with Gasteiger partial charge in [0.25, 0.3) is 5.91 Å². The lowest BCUT2D eigenvalue weighted by molar-refractivity contribution is 0.102. The van der Waals surface area contributed by atoms with E-state index in [1.54, 1.807) is 6.07 Å². The largest absolute Gasteiger partial charge is 0.298 e. The fraction of sp³-hybridized carbons (Fsp3) is 0.125. The molecular formula is C16H13BrN2OS. The number of carbonyl (C=O) groups is 1. The zero-order valence-electron chi connectivity index (χ0n) is 11.6. The van der Waals surface area contributed by atoms with Crippen LogP contribution in [-0.2, 0) is 0 Å². The van der Waals surface area contributed by atoms with Gasteiger partial charge in [-0.2, -0.15) is 0 Å². The van der Waals surface area contributed by atoms with Gasteiger partial charge in [-0.3, -0.25) is 10.1 Å². The molecule has 0 spiro atoms.